The average Bonchev–Trinajstić information content (AvgIpc) is 2.58. The number of aromatic nitrogens is 2. The van der Waals surface area contributed by atoms with Gasteiger partial charge in [-0.25, -0.2) is 0 Å². The second kappa shape index (κ2) is 2.90. The molecular weight excluding hydrogens is 152 g/mol. The quantitative estimate of drug-likeness (QED) is 0.665. The van der Waals surface area contributed by atoms with Crippen molar-refractivity contribution in [3.05, 3.63) is 18.0 Å². The summed E-state index contributed by atoms with van der Waals surface area (Å²) in [5.41, 5.74) is 0.167. The van der Waals surface area contributed by atoms with Gasteiger partial charge in [0.25, 0.3) is 0 Å². The summed E-state index contributed by atoms with van der Waals surface area (Å²) in [6.45, 7) is 0. The molecule has 0 bridgehead atoms. The van der Waals surface area contributed by atoms with Crippen LogP contribution in [0.15, 0.2) is 12.3 Å². The smallest absolute Gasteiger partial charge is 0.108 e. The van der Waals surface area contributed by atoms with Crippen molar-refractivity contribution in [3.8, 4) is 0 Å². The van der Waals surface area contributed by atoms with E-state index in [1.807, 2.05) is 6.07 Å². The van der Waals surface area contributed by atoms with Gasteiger partial charge in [0, 0.05) is 6.20 Å². The zero-order chi connectivity index (χ0) is 8.44. The SMILES string of the molecule is OC1(c2cc[nH]n2)CCCCC1. The van der Waals surface area contributed by atoms with E-state index in [9.17, 15) is 5.11 Å². The van der Waals surface area contributed by atoms with Gasteiger partial charge in [0.05, 0.1) is 5.69 Å². The summed E-state index contributed by atoms with van der Waals surface area (Å²) >= 11 is 0. The first-order valence-corrected chi connectivity index (χ1v) is 4.54. The lowest BCUT2D eigenvalue weighted by Crippen LogP contribution is -2.28. The van der Waals surface area contributed by atoms with Crippen LogP contribution in [0.5, 0.6) is 0 Å². The molecule has 0 amide bonds. The highest BCUT2D eigenvalue weighted by Gasteiger charge is 2.32. The molecule has 1 aliphatic rings. The van der Waals surface area contributed by atoms with Crippen LogP contribution >= 0.6 is 0 Å². The van der Waals surface area contributed by atoms with Crippen molar-refractivity contribution < 1.29 is 5.11 Å². The molecule has 2 rings (SSSR count). The highest BCUT2D eigenvalue weighted by Crippen LogP contribution is 2.35. The third-order valence-electron chi connectivity index (χ3n) is 2.66. The third kappa shape index (κ3) is 1.25. The van der Waals surface area contributed by atoms with Gasteiger partial charge in [0.1, 0.15) is 5.60 Å². The molecule has 0 atom stereocenters. The van der Waals surface area contributed by atoms with Crippen LogP contribution in [-0.2, 0) is 5.60 Å². The van der Waals surface area contributed by atoms with E-state index in [1.54, 1.807) is 6.20 Å². The first-order valence-electron chi connectivity index (χ1n) is 4.54. The molecule has 0 aromatic carbocycles. The molecule has 1 fully saturated rings. The van der Waals surface area contributed by atoms with Gasteiger partial charge in [-0.05, 0) is 18.9 Å². The Bertz CT molecular complexity index is 237. The Morgan fingerprint density at radius 2 is 2.08 bits per heavy atom. The molecule has 3 nitrogen and oxygen atoms in total. The van der Waals surface area contributed by atoms with Crippen LogP contribution in [0.2, 0.25) is 0 Å². The Labute approximate surface area is 71.8 Å². The first-order chi connectivity index (χ1) is 5.81. The fourth-order valence-electron chi connectivity index (χ4n) is 1.91. The van der Waals surface area contributed by atoms with Crippen LogP contribution in [0.3, 0.4) is 0 Å². The number of aliphatic hydroxyl groups is 1. The Kier molecular flexibility index (Phi) is 1.89. The number of hydrogen-bond donors (Lipinski definition) is 2. The average molecular weight is 166 g/mol. The van der Waals surface area contributed by atoms with Gasteiger partial charge in [-0.2, -0.15) is 5.10 Å². The van der Waals surface area contributed by atoms with Crippen LogP contribution in [0.1, 0.15) is 37.8 Å². The zero-order valence-corrected chi connectivity index (χ0v) is 7.08. The van der Waals surface area contributed by atoms with Gasteiger partial charge in [-0.3, -0.25) is 5.10 Å². The van der Waals surface area contributed by atoms with E-state index in [4.69, 9.17) is 0 Å². The summed E-state index contributed by atoms with van der Waals surface area (Å²) in [6, 6.07) is 1.87. The Hall–Kier alpha value is -0.830. The molecule has 0 unspecified atom stereocenters. The second-order valence-electron chi connectivity index (χ2n) is 3.55. The summed E-state index contributed by atoms with van der Waals surface area (Å²) in [4.78, 5) is 0. The topological polar surface area (TPSA) is 48.9 Å². The minimum absolute atomic E-state index is 0.641. The molecule has 3 heteroatoms. The van der Waals surface area contributed by atoms with Crippen molar-refractivity contribution in [3.63, 3.8) is 0 Å². The fraction of sp³-hybridized carbons (Fsp3) is 0.667. The summed E-state index contributed by atoms with van der Waals surface area (Å²) in [5, 5.41) is 16.9. The standard InChI is InChI=1S/C9H14N2O/c12-9(5-2-1-3-6-9)8-4-7-10-11-8/h4,7,12H,1-3,5-6H2,(H,10,11). The number of nitrogens with zero attached hydrogens (tertiary/aromatic N) is 1. The molecule has 1 aromatic rings. The van der Waals surface area contributed by atoms with Crippen molar-refractivity contribution in [2.75, 3.05) is 0 Å². The molecule has 1 heterocycles. The predicted molar refractivity (Wildman–Crippen MR) is 45.6 cm³/mol. The van der Waals surface area contributed by atoms with E-state index in [0.29, 0.717) is 0 Å². The molecular formula is C9H14N2O. The van der Waals surface area contributed by atoms with Crippen molar-refractivity contribution in [2.24, 2.45) is 0 Å². The van der Waals surface area contributed by atoms with Crippen molar-refractivity contribution in [1.29, 1.82) is 0 Å². The number of H-pyrrole nitrogens is 1. The summed E-state index contributed by atoms with van der Waals surface area (Å²) in [6.07, 6.45) is 6.96. The van der Waals surface area contributed by atoms with Gasteiger partial charge < -0.3 is 5.11 Å². The summed E-state index contributed by atoms with van der Waals surface area (Å²) < 4.78 is 0. The molecule has 1 aliphatic carbocycles. The highest BCUT2D eigenvalue weighted by molar-refractivity contribution is 5.10. The minimum atomic E-state index is -0.641. The molecule has 2 N–H and O–H groups in total. The molecule has 1 aromatic heterocycles. The fourth-order valence-corrected chi connectivity index (χ4v) is 1.91. The van der Waals surface area contributed by atoms with Crippen LogP contribution in [0.25, 0.3) is 0 Å². The van der Waals surface area contributed by atoms with E-state index in [1.165, 1.54) is 6.42 Å². The van der Waals surface area contributed by atoms with Crippen molar-refractivity contribution in [2.45, 2.75) is 37.7 Å². The molecule has 0 aliphatic heterocycles. The highest BCUT2D eigenvalue weighted by atomic mass is 16.3. The molecule has 12 heavy (non-hydrogen) atoms. The molecule has 0 saturated heterocycles. The lowest BCUT2D eigenvalue weighted by molar-refractivity contribution is -0.00466. The summed E-state index contributed by atoms with van der Waals surface area (Å²) in [5.74, 6) is 0. The van der Waals surface area contributed by atoms with Crippen molar-refractivity contribution in [1.82, 2.24) is 10.2 Å². The van der Waals surface area contributed by atoms with E-state index < -0.39 is 5.60 Å². The normalized spacial score (nSPS) is 22.4. The van der Waals surface area contributed by atoms with Crippen molar-refractivity contribution >= 4 is 0 Å². The largest absolute Gasteiger partial charge is 0.383 e. The number of rotatable bonds is 1. The van der Waals surface area contributed by atoms with E-state index in [-0.39, 0.29) is 0 Å². The number of nitrogens with one attached hydrogen (secondary N) is 1. The van der Waals surface area contributed by atoms with Gasteiger partial charge >= 0.3 is 0 Å². The maximum absolute atomic E-state index is 10.1. The Morgan fingerprint density at radius 1 is 1.33 bits per heavy atom. The molecule has 0 radical (unpaired) electrons. The van der Waals surface area contributed by atoms with Gasteiger partial charge in [0.2, 0.25) is 0 Å². The van der Waals surface area contributed by atoms with Gasteiger partial charge in [0.15, 0.2) is 0 Å². The van der Waals surface area contributed by atoms with Crippen LogP contribution < -0.4 is 0 Å². The maximum Gasteiger partial charge on any atom is 0.108 e. The molecule has 0 spiro atoms. The van der Waals surface area contributed by atoms with E-state index in [0.717, 1.165) is 31.4 Å². The van der Waals surface area contributed by atoms with Gasteiger partial charge in [-0.15, -0.1) is 0 Å². The lowest BCUT2D eigenvalue weighted by atomic mass is 9.83. The molecule has 66 valence electrons. The monoisotopic (exact) mass is 166 g/mol. The number of hydrogen-bond acceptors (Lipinski definition) is 2. The zero-order valence-electron chi connectivity index (χ0n) is 7.08. The van der Waals surface area contributed by atoms with E-state index >= 15 is 0 Å². The van der Waals surface area contributed by atoms with Crippen LogP contribution in [-0.4, -0.2) is 15.3 Å². The number of aromatic amines is 1. The first kappa shape index (κ1) is 7.80. The Balaban J connectivity index is 2.19. The minimum Gasteiger partial charge on any atom is -0.383 e. The van der Waals surface area contributed by atoms with Gasteiger partial charge in [-0.1, -0.05) is 19.3 Å². The van der Waals surface area contributed by atoms with E-state index in [2.05, 4.69) is 10.2 Å². The molecule has 1 saturated carbocycles. The predicted octanol–water partition coefficient (Wildman–Crippen LogP) is 1.56. The van der Waals surface area contributed by atoms with Crippen LogP contribution in [0.4, 0.5) is 0 Å². The Morgan fingerprint density at radius 3 is 2.67 bits per heavy atom. The maximum atomic E-state index is 10.1. The second-order valence-corrected chi connectivity index (χ2v) is 3.55. The lowest BCUT2D eigenvalue weighted by Gasteiger charge is -2.30. The van der Waals surface area contributed by atoms with Crippen LogP contribution in [0, 0.1) is 0 Å². The third-order valence-corrected chi connectivity index (χ3v) is 2.66. The summed E-state index contributed by atoms with van der Waals surface area (Å²) in [7, 11) is 0.